The van der Waals surface area contributed by atoms with Gasteiger partial charge in [0.05, 0.1) is 32.3 Å². The van der Waals surface area contributed by atoms with Crippen LogP contribution in [0.3, 0.4) is 0 Å². The van der Waals surface area contributed by atoms with Crippen LogP contribution in [0.15, 0.2) is 36.4 Å². The Morgan fingerprint density at radius 3 is 2.42 bits per heavy atom. The summed E-state index contributed by atoms with van der Waals surface area (Å²) >= 11 is 1.55. The van der Waals surface area contributed by atoms with Crippen LogP contribution in [0.5, 0.6) is 0 Å². The number of aromatic carboxylic acids is 2. The molecule has 3 aromatic rings. The monoisotopic (exact) mass is 439 g/mol. The number of aromatic nitrogens is 1. The molecule has 0 radical (unpaired) electrons. The number of rotatable bonds is 5. The summed E-state index contributed by atoms with van der Waals surface area (Å²) in [5, 5.41) is 21.8. The first kappa shape index (κ1) is 20.5. The SMILES string of the molecule is Cc1nc2cc(N3CC(C(=O)Nc4cc(C(=O)O)cc(C(=O)O)c4)CC3=O)ccc2s1. The van der Waals surface area contributed by atoms with Gasteiger partial charge in [0, 0.05) is 24.3 Å². The number of hydrogen-bond donors (Lipinski definition) is 3. The number of benzene rings is 2. The highest BCUT2D eigenvalue weighted by Crippen LogP contribution is 2.30. The number of anilines is 2. The summed E-state index contributed by atoms with van der Waals surface area (Å²) in [6.07, 6.45) is -0.00955. The first-order valence-corrected chi connectivity index (χ1v) is 10.1. The zero-order chi connectivity index (χ0) is 22.3. The quantitative estimate of drug-likeness (QED) is 0.556. The third-order valence-corrected chi connectivity index (χ3v) is 5.93. The predicted molar refractivity (Wildman–Crippen MR) is 114 cm³/mol. The molecule has 1 atom stereocenters. The number of carbonyl (C=O) groups is 4. The average Bonchev–Trinajstić information content (AvgIpc) is 3.28. The number of hydrogen-bond acceptors (Lipinski definition) is 6. The number of carboxylic acid groups (broad SMARTS) is 2. The van der Waals surface area contributed by atoms with E-state index in [-0.39, 0.29) is 35.7 Å². The minimum atomic E-state index is -1.31. The van der Waals surface area contributed by atoms with E-state index in [1.807, 2.05) is 25.1 Å². The maximum absolute atomic E-state index is 12.7. The van der Waals surface area contributed by atoms with Gasteiger partial charge in [0.15, 0.2) is 0 Å². The second kappa shape index (κ2) is 7.80. The average molecular weight is 439 g/mol. The lowest BCUT2D eigenvalue weighted by molar-refractivity contribution is -0.122. The molecule has 1 aliphatic rings. The molecule has 31 heavy (non-hydrogen) atoms. The Bertz CT molecular complexity index is 1220. The van der Waals surface area contributed by atoms with E-state index in [1.165, 1.54) is 17.0 Å². The van der Waals surface area contributed by atoms with Crippen molar-refractivity contribution in [3.8, 4) is 0 Å². The lowest BCUT2D eigenvalue weighted by Crippen LogP contribution is -2.28. The second-order valence-electron chi connectivity index (χ2n) is 7.19. The third-order valence-electron chi connectivity index (χ3n) is 4.98. The highest BCUT2D eigenvalue weighted by molar-refractivity contribution is 7.18. The molecule has 10 heteroatoms. The number of carboxylic acids is 2. The van der Waals surface area contributed by atoms with Crippen LogP contribution in [0, 0.1) is 12.8 Å². The molecule has 2 amide bonds. The fourth-order valence-electron chi connectivity index (χ4n) is 3.52. The fraction of sp³-hybridized carbons (Fsp3) is 0.190. The molecule has 0 aliphatic carbocycles. The summed E-state index contributed by atoms with van der Waals surface area (Å²) in [7, 11) is 0. The number of amides is 2. The van der Waals surface area contributed by atoms with Crippen LogP contribution >= 0.6 is 11.3 Å². The van der Waals surface area contributed by atoms with E-state index in [4.69, 9.17) is 0 Å². The van der Waals surface area contributed by atoms with Crippen molar-refractivity contribution in [2.75, 3.05) is 16.8 Å². The van der Waals surface area contributed by atoms with E-state index >= 15 is 0 Å². The Hall–Kier alpha value is -3.79. The largest absolute Gasteiger partial charge is 0.478 e. The van der Waals surface area contributed by atoms with Crippen molar-refractivity contribution < 1.29 is 29.4 Å². The third kappa shape index (κ3) is 4.10. The van der Waals surface area contributed by atoms with Crippen LogP contribution in [0.4, 0.5) is 11.4 Å². The Morgan fingerprint density at radius 2 is 1.77 bits per heavy atom. The fourth-order valence-corrected chi connectivity index (χ4v) is 4.33. The van der Waals surface area contributed by atoms with Gasteiger partial charge in [0.2, 0.25) is 11.8 Å². The molecule has 4 rings (SSSR count). The smallest absolute Gasteiger partial charge is 0.335 e. The molecule has 3 N–H and O–H groups in total. The van der Waals surface area contributed by atoms with E-state index in [0.717, 1.165) is 21.3 Å². The molecule has 158 valence electrons. The van der Waals surface area contributed by atoms with Crippen molar-refractivity contribution in [1.82, 2.24) is 4.98 Å². The maximum atomic E-state index is 12.7. The van der Waals surface area contributed by atoms with Gasteiger partial charge in [-0.05, 0) is 43.3 Å². The molecule has 0 saturated carbocycles. The van der Waals surface area contributed by atoms with Gasteiger partial charge in [-0.3, -0.25) is 9.59 Å². The molecular weight excluding hydrogens is 422 g/mol. The van der Waals surface area contributed by atoms with E-state index in [0.29, 0.717) is 5.69 Å². The van der Waals surface area contributed by atoms with Crippen LogP contribution in [0.2, 0.25) is 0 Å². The van der Waals surface area contributed by atoms with Crippen LogP contribution in [0.1, 0.15) is 32.1 Å². The van der Waals surface area contributed by atoms with Gasteiger partial charge in [0.25, 0.3) is 0 Å². The minimum absolute atomic E-state index is 0.00955. The number of nitrogens with one attached hydrogen (secondary N) is 1. The van der Waals surface area contributed by atoms with E-state index < -0.39 is 23.8 Å². The lowest BCUT2D eigenvalue weighted by atomic mass is 10.1. The molecule has 1 aliphatic heterocycles. The first-order chi connectivity index (χ1) is 14.7. The van der Waals surface area contributed by atoms with Crippen LogP contribution in [0.25, 0.3) is 10.2 Å². The van der Waals surface area contributed by atoms with Gasteiger partial charge < -0.3 is 20.4 Å². The Balaban J connectivity index is 1.53. The van der Waals surface area contributed by atoms with Crippen LogP contribution in [-0.2, 0) is 9.59 Å². The van der Waals surface area contributed by atoms with Gasteiger partial charge in [-0.2, -0.15) is 0 Å². The van der Waals surface area contributed by atoms with Gasteiger partial charge in [0.1, 0.15) is 0 Å². The summed E-state index contributed by atoms with van der Waals surface area (Å²) in [4.78, 5) is 53.7. The summed E-state index contributed by atoms with van der Waals surface area (Å²) in [6, 6.07) is 8.89. The van der Waals surface area contributed by atoms with Crippen molar-refractivity contribution in [1.29, 1.82) is 0 Å². The van der Waals surface area contributed by atoms with Crippen molar-refractivity contribution >= 4 is 56.7 Å². The first-order valence-electron chi connectivity index (χ1n) is 9.31. The highest BCUT2D eigenvalue weighted by atomic mass is 32.1. The van der Waals surface area contributed by atoms with Gasteiger partial charge in [-0.1, -0.05) is 0 Å². The standard InChI is InChI=1S/C21H17N3O6S/c1-10-22-16-8-15(2-3-17(16)31-10)24-9-13(7-18(24)25)19(26)23-14-5-11(20(27)28)4-12(6-14)21(29)30/h2-6,8,13H,7,9H2,1H3,(H,23,26)(H,27,28)(H,29,30). The maximum Gasteiger partial charge on any atom is 0.335 e. The minimum Gasteiger partial charge on any atom is -0.478 e. The molecular formula is C21H17N3O6S. The Morgan fingerprint density at radius 1 is 1.10 bits per heavy atom. The number of thiazole rings is 1. The molecule has 2 heterocycles. The van der Waals surface area contributed by atoms with Crippen molar-refractivity contribution in [3.05, 3.63) is 52.5 Å². The van der Waals surface area contributed by atoms with E-state index in [9.17, 15) is 29.4 Å². The lowest BCUT2D eigenvalue weighted by Gasteiger charge is -2.17. The topological polar surface area (TPSA) is 137 Å². The molecule has 9 nitrogen and oxygen atoms in total. The van der Waals surface area contributed by atoms with Crippen molar-refractivity contribution in [2.45, 2.75) is 13.3 Å². The van der Waals surface area contributed by atoms with Crippen LogP contribution in [-0.4, -0.2) is 45.5 Å². The second-order valence-corrected chi connectivity index (χ2v) is 8.42. The molecule has 0 bridgehead atoms. The summed E-state index contributed by atoms with van der Waals surface area (Å²) < 4.78 is 1.01. The zero-order valence-corrected chi connectivity index (χ0v) is 17.1. The summed E-state index contributed by atoms with van der Waals surface area (Å²) in [5.41, 5.74) is 0.969. The highest BCUT2D eigenvalue weighted by Gasteiger charge is 2.35. The zero-order valence-electron chi connectivity index (χ0n) is 16.3. The Labute approximate surface area is 179 Å². The molecule has 0 spiro atoms. The van der Waals surface area contributed by atoms with Crippen molar-refractivity contribution in [3.63, 3.8) is 0 Å². The number of aryl methyl sites for hydroxylation is 1. The number of fused-ring (bicyclic) bond motifs is 1. The molecule has 1 saturated heterocycles. The molecule has 1 unspecified atom stereocenters. The van der Waals surface area contributed by atoms with Gasteiger partial charge >= 0.3 is 11.9 Å². The van der Waals surface area contributed by atoms with Crippen molar-refractivity contribution in [2.24, 2.45) is 5.92 Å². The van der Waals surface area contributed by atoms with E-state index in [1.54, 1.807) is 11.3 Å². The Kier molecular flexibility index (Phi) is 5.15. The normalized spacial score (nSPS) is 16.0. The van der Waals surface area contributed by atoms with Gasteiger partial charge in [-0.25, -0.2) is 14.6 Å². The molecule has 1 fully saturated rings. The molecule has 2 aromatic carbocycles. The summed E-state index contributed by atoms with van der Waals surface area (Å²) in [5.74, 6) is -3.98. The van der Waals surface area contributed by atoms with Crippen LogP contribution < -0.4 is 10.2 Å². The number of nitrogens with zero attached hydrogens (tertiary/aromatic N) is 2. The molecule has 1 aromatic heterocycles. The van der Waals surface area contributed by atoms with E-state index in [2.05, 4.69) is 10.3 Å². The predicted octanol–water partition coefficient (Wildman–Crippen LogP) is 2.99. The van der Waals surface area contributed by atoms with Gasteiger partial charge in [-0.15, -0.1) is 11.3 Å². The number of carbonyl (C=O) groups excluding carboxylic acids is 2. The summed E-state index contributed by atoms with van der Waals surface area (Å²) in [6.45, 7) is 2.06.